The number of aromatic nitrogens is 2. The fraction of sp³-hybridized carbons (Fsp3) is 0.192. The highest BCUT2D eigenvalue weighted by Gasteiger charge is 2.22. The Kier molecular flexibility index (Phi) is 7.87. The van der Waals surface area contributed by atoms with Crippen LogP contribution < -0.4 is 22.1 Å². The lowest BCUT2D eigenvalue weighted by molar-refractivity contribution is -0.284. The third-order valence-electron chi connectivity index (χ3n) is 5.77. The maximum absolute atomic E-state index is 13.5. The predicted octanol–water partition coefficient (Wildman–Crippen LogP) is 5.06. The van der Waals surface area contributed by atoms with E-state index in [4.69, 9.17) is 16.3 Å². The molecule has 4 aromatic rings. The number of benzene rings is 3. The van der Waals surface area contributed by atoms with Gasteiger partial charge >= 0.3 is 0 Å². The molecule has 1 unspecified atom stereocenters. The SMILES string of the molecule is N.O=c1[nH]n(C(c2ccccc2)c2cccc(N[C@H]3CCOC3)c2)c([O-])c1Sc1ccccc1Cl. The Hall–Kier alpha value is -3.17. The minimum absolute atomic E-state index is 0. The van der Waals surface area contributed by atoms with Crippen LogP contribution in [0.5, 0.6) is 5.88 Å². The van der Waals surface area contributed by atoms with E-state index in [0.29, 0.717) is 16.5 Å². The molecule has 2 atom stereocenters. The lowest BCUT2D eigenvalue weighted by Gasteiger charge is -2.25. The summed E-state index contributed by atoms with van der Waals surface area (Å²) < 4.78 is 6.89. The van der Waals surface area contributed by atoms with E-state index in [9.17, 15) is 9.90 Å². The van der Waals surface area contributed by atoms with E-state index >= 15 is 0 Å². The average Bonchev–Trinajstić information content (AvgIpc) is 3.45. The van der Waals surface area contributed by atoms with Crippen LogP contribution in [-0.4, -0.2) is 29.0 Å². The van der Waals surface area contributed by atoms with E-state index in [1.54, 1.807) is 12.1 Å². The molecule has 1 aliphatic heterocycles. The van der Waals surface area contributed by atoms with Crippen molar-refractivity contribution in [3.8, 4) is 5.88 Å². The molecule has 1 aromatic heterocycles. The molecule has 1 fully saturated rings. The molecule has 7 nitrogen and oxygen atoms in total. The van der Waals surface area contributed by atoms with Gasteiger partial charge in [0.15, 0.2) is 0 Å². The van der Waals surface area contributed by atoms with Gasteiger partial charge in [-0.15, -0.1) is 0 Å². The van der Waals surface area contributed by atoms with Crippen LogP contribution in [0.25, 0.3) is 0 Å². The van der Waals surface area contributed by atoms with E-state index in [-0.39, 0.29) is 23.0 Å². The number of aromatic amines is 1. The Labute approximate surface area is 212 Å². The van der Waals surface area contributed by atoms with Gasteiger partial charge in [0.1, 0.15) is 0 Å². The smallest absolute Gasteiger partial charge is 0.277 e. The van der Waals surface area contributed by atoms with Crippen molar-refractivity contribution in [2.45, 2.75) is 28.3 Å². The van der Waals surface area contributed by atoms with Gasteiger partial charge < -0.3 is 21.3 Å². The van der Waals surface area contributed by atoms with Crippen LogP contribution in [-0.2, 0) is 4.74 Å². The van der Waals surface area contributed by atoms with Crippen molar-refractivity contribution in [1.82, 2.24) is 15.9 Å². The van der Waals surface area contributed by atoms with Crippen LogP contribution in [0.15, 0.2) is 93.4 Å². The van der Waals surface area contributed by atoms with E-state index < -0.39 is 11.6 Å². The second kappa shape index (κ2) is 11.0. The fourth-order valence-electron chi connectivity index (χ4n) is 4.14. The number of ether oxygens (including phenoxy) is 1. The molecule has 0 amide bonds. The summed E-state index contributed by atoms with van der Waals surface area (Å²) in [5.41, 5.74) is 2.28. The Morgan fingerprint density at radius 3 is 2.54 bits per heavy atom. The molecule has 35 heavy (non-hydrogen) atoms. The maximum atomic E-state index is 13.5. The van der Waals surface area contributed by atoms with Gasteiger partial charge in [0.2, 0.25) is 0 Å². The Morgan fingerprint density at radius 1 is 1.06 bits per heavy atom. The topological polar surface area (TPSA) is 117 Å². The van der Waals surface area contributed by atoms with Crippen molar-refractivity contribution < 1.29 is 9.84 Å². The summed E-state index contributed by atoms with van der Waals surface area (Å²) >= 11 is 7.35. The highest BCUT2D eigenvalue weighted by atomic mass is 35.5. The normalized spacial score (nSPS) is 16.0. The first-order chi connectivity index (χ1) is 16.6. The summed E-state index contributed by atoms with van der Waals surface area (Å²) in [6.07, 6.45) is 0.949. The second-order valence-corrected chi connectivity index (χ2v) is 9.58. The number of hydrogen-bond acceptors (Lipinski definition) is 6. The Balaban J connectivity index is 0.00000289. The van der Waals surface area contributed by atoms with E-state index in [1.807, 2.05) is 66.7 Å². The summed E-state index contributed by atoms with van der Waals surface area (Å²) in [5, 5.41) is 20.3. The van der Waals surface area contributed by atoms with Crippen LogP contribution in [0.3, 0.4) is 0 Å². The molecule has 182 valence electrons. The van der Waals surface area contributed by atoms with Gasteiger partial charge in [-0.05, 0) is 41.8 Å². The number of halogens is 1. The molecule has 3 aromatic carbocycles. The molecule has 0 saturated carbocycles. The first-order valence-electron chi connectivity index (χ1n) is 11.0. The maximum Gasteiger partial charge on any atom is 0.277 e. The van der Waals surface area contributed by atoms with Crippen LogP contribution >= 0.6 is 23.4 Å². The third kappa shape index (κ3) is 5.41. The van der Waals surface area contributed by atoms with Crippen LogP contribution in [0.2, 0.25) is 5.02 Å². The van der Waals surface area contributed by atoms with Gasteiger partial charge in [-0.25, -0.2) is 0 Å². The van der Waals surface area contributed by atoms with Gasteiger partial charge in [-0.2, -0.15) is 0 Å². The number of nitrogens with zero attached hydrogens (tertiary/aromatic N) is 1. The van der Waals surface area contributed by atoms with Crippen LogP contribution in [0.1, 0.15) is 23.6 Å². The lowest BCUT2D eigenvalue weighted by atomic mass is 9.98. The first-order valence-corrected chi connectivity index (χ1v) is 12.2. The van der Waals surface area contributed by atoms with Crippen molar-refractivity contribution in [3.05, 3.63) is 105 Å². The van der Waals surface area contributed by atoms with Crippen molar-refractivity contribution >= 4 is 29.1 Å². The van der Waals surface area contributed by atoms with Crippen LogP contribution in [0.4, 0.5) is 5.69 Å². The Bertz CT molecular complexity index is 1340. The van der Waals surface area contributed by atoms with Gasteiger partial charge in [0.25, 0.3) is 5.56 Å². The van der Waals surface area contributed by atoms with Crippen LogP contribution in [0, 0.1) is 0 Å². The number of anilines is 1. The largest absolute Gasteiger partial charge is 0.858 e. The van der Waals surface area contributed by atoms with E-state index in [0.717, 1.165) is 41.6 Å². The zero-order valence-electron chi connectivity index (χ0n) is 18.9. The average molecular weight is 510 g/mol. The molecule has 2 heterocycles. The second-order valence-electron chi connectivity index (χ2n) is 8.12. The van der Waals surface area contributed by atoms with Gasteiger partial charge in [-0.1, -0.05) is 78.0 Å². The number of rotatable bonds is 7. The van der Waals surface area contributed by atoms with E-state index in [2.05, 4.69) is 10.4 Å². The molecule has 5 rings (SSSR count). The molecule has 0 spiro atoms. The zero-order valence-corrected chi connectivity index (χ0v) is 20.5. The quantitative estimate of drug-likeness (QED) is 0.321. The number of hydrogen-bond donors (Lipinski definition) is 3. The fourth-order valence-corrected chi connectivity index (χ4v) is 5.24. The van der Waals surface area contributed by atoms with Crippen molar-refractivity contribution in [3.63, 3.8) is 0 Å². The van der Waals surface area contributed by atoms with Crippen molar-refractivity contribution in [2.24, 2.45) is 0 Å². The highest BCUT2D eigenvalue weighted by Crippen LogP contribution is 2.37. The predicted molar refractivity (Wildman–Crippen MR) is 138 cm³/mol. The van der Waals surface area contributed by atoms with Crippen molar-refractivity contribution in [1.29, 1.82) is 0 Å². The van der Waals surface area contributed by atoms with Gasteiger partial charge in [-0.3, -0.25) is 14.6 Å². The van der Waals surface area contributed by atoms with Gasteiger partial charge in [0, 0.05) is 23.1 Å². The lowest BCUT2D eigenvalue weighted by Crippen LogP contribution is -2.20. The summed E-state index contributed by atoms with van der Waals surface area (Å²) in [4.78, 5) is 13.6. The Morgan fingerprint density at radius 2 is 1.80 bits per heavy atom. The molecule has 1 saturated heterocycles. The summed E-state index contributed by atoms with van der Waals surface area (Å²) in [6.45, 7) is 1.42. The summed E-state index contributed by atoms with van der Waals surface area (Å²) in [7, 11) is 0. The highest BCUT2D eigenvalue weighted by molar-refractivity contribution is 7.99. The van der Waals surface area contributed by atoms with Crippen molar-refractivity contribution in [2.75, 3.05) is 18.5 Å². The minimum atomic E-state index is -0.497. The summed E-state index contributed by atoms with van der Waals surface area (Å²) in [6, 6.07) is 24.5. The van der Waals surface area contributed by atoms with Gasteiger partial charge in [0.05, 0.1) is 28.6 Å². The van der Waals surface area contributed by atoms with E-state index in [1.165, 1.54) is 4.68 Å². The third-order valence-corrected chi connectivity index (χ3v) is 7.35. The molecule has 9 heteroatoms. The molecule has 0 aliphatic carbocycles. The number of nitrogens with one attached hydrogen (secondary N) is 2. The molecule has 0 radical (unpaired) electrons. The zero-order chi connectivity index (χ0) is 23.5. The molecule has 5 N–H and O–H groups in total. The molecular formula is C26H26ClN4O3S-. The minimum Gasteiger partial charge on any atom is -0.858 e. The molecule has 1 aliphatic rings. The first kappa shape index (κ1) is 24.9. The standard InChI is InChI=1S/C26H24ClN3O3S.H3N/c27-21-11-4-5-12-22(21)34-24-25(31)29-30(26(24)32)23(17-7-2-1-3-8-17)18-9-6-10-19(15-18)28-20-13-14-33-16-20;/h1-12,15,20,23,28,32H,13-14,16H2,(H,29,31);1H3/p-1/t20-,23?;/m0./s1. The number of H-pyrrole nitrogens is 1. The molecule has 0 bridgehead atoms. The monoisotopic (exact) mass is 509 g/mol. The molecular weight excluding hydrogens is 484 g/mol. The summed E-state index contributed by atoms with van der Waals surface area (Å²) in [5.74, 6) is -0.383.